The van der Waals surface area contributed by atoms with Gasteiger partial charge in [-0.2, -0.15) is 0 Å². The second-order valence-corrected chi connectivity index (χ2v) is 11.6. The van der Waals surface area contributed by atoms with Crippen molar-refractivity contribution in [3.05, 3.63) is 23.8 Å². The number of carbonyl (C=O) groups is 4. The number of piperidine rings is 2. The van der Waals surface area contributed by atoms with Gasteiger partial charge >= 0.3 is 5.97 Å². The minimum Gasteiger partial charge on any atom is -0.481 e. The summed E-state index contributed by atoms with van der Waals surface area (Å²) in [5.41, 5.74) is 0.736. The van der Waals surface area contributed by atoms with Gasteiger partial charge in [-0.25, -0.2) is 0 Å². The number of carbonyl (C=O) groups excluding carboxylic acids is 3. The Morgan fingerprint density at radius 2 is 1.48 bits per heavy atom. The van der Waals surface area contributed by atoms with Crippen LogP contribution in [0.2, 0.25) is 0 Å². The molecule has 12 heteroatoms. The summed E-state index contributed by atoms with van der Waals surface area (Å²) in [6, 6.07) is 3.95. The summed E-state index contributed by atoms with van der Waals surface area (Å²) in [6.07, 6.45) is 7.44. The lowest BCUT2D eigenvalue weighted by atomic mass is 9.84. The van der Waals surface area contributed by atoms with Crippen LogP contribution in [-0.2, 0) is 25.7 Å². The second-order valence-electron chi connectivity index (χ2n) is 11.6. The predicted molar refractivity (Wildman–Crippen MR) is 155 cm³/mol. The molecule has 1 atom stereocenters. The van der Waals surface area contributed by atoms with Gasteiger partial charge in [0.25, 0.3) is 0 Å². The molecule has 3 heterocycles. The van der Waals surface area contributed by atoms with Crippen LogP contribution in [-0.4, -0.2) is 74.4 Å². The molecule has 12 nitrogen and oxygen atoms in total. The van der Waals surface area contributed by atoms with Gasteiger partial charge in [-0.3, -0.25) is 19.2 Å². The number of amides is 3. The Morgan fingerprint density at radius 3 is 2.10 bits per heavy atom. The summed E-state index contributed by atoms with van der Waals surface area (Å²) in [5, 5.41) is 24.0. The minimum absolute atomic E-state index is 0.119. The summed E-state index contributed by atoms with van der Waals surface area (Å²) in [5.74, 6) is -0.398. The van der Waals surface area contributed by atoms with E-state index in [4.69, 9.17) is 9.47 Å². The standard InChI is InChI=1S/C30H45N5O7/c36-27(35-24(16-28(37)38)30(40)33-17-22-3-6-25-26(15-22)42-19-41-25)18-34-29(39)23(4-1-20-7-11-31-12-8-20)5-2-21-9-13-32-14-10-21/h3,6,15,20-21,23-24,31-32H,1-2,4-5,7-14,16-19H2,(H,33,40)(H,34,39)(H,35,36)(H,37,38)/t24-/m0/s1. The summed E-state index contributed by atoms with van der Waals surface area (Å²) >= 11 is 0. The first-order valence-electron chi connectivity index (χ1n) is 15.2. The Bertz CT molecular complexity index is 1050. The Balaban J connectivity index is 1.26. The van der Waals surface area contributed by atoms with Crippen molar-refractivity contribution in [1.82, 2.24) is 26.6 Å². The van der Waals surface area contributed by atoms with Crippen LogP contribution in [0.1, 0.15) is 63.4 Å². The third-order valence-corrected chi connectivity index (χ3v) is 8.49. The molecule has 0 spiro atoms. The molecule has 4 rings (SSSR count). The molecule has 3 aliphatic heterocycles. The Kier molecular flexibility index (Phi) is 12.3. The zero-order valence-electron chi connectivity index (χ0n) is 24.3. The van der Waals surface area contributed by atoms with Crippen molar-refractivity contribution >= 4 is 23.7 Å². The maximum atomic E-state index is 13.2. The quantitative estimate of drug-likeness (QED) is 0.177. The monoisotopic (exact) mass is 587 g/mol. The summed E-state index contributed by atoms with van der Waals surface area (Å²) in [6.45, 7) is 3.98. The largest absolute Gasteiger partial charge is 0.481 e. The fraction of sp³-hybridized carbons (Fsp3) is 0.667. The first kappa shape index (κ1) is 31.6. The molecule has 42 heavy (non-hydrogen) atoms. The second kappa shape index (κ2) is 16.3. The fourth-order valence-corrected chi connectivity index (χ4v) is 5.93. The molecule has 6 N–H and O–H groups in total. The zero-order valence-corrected chi connectivity index (χ0v) is 24.3. The van der Waals surface area contributed by atoms with Crippen LogP contribution < -0.4 is 36.1 Å². The first-order chi connectivity index (χ1) is 20.4. The van der Waals surface area contributed by atoms with Crippen molar-refractivity contribution < 1.29 is 33.8 Å². The Morgan fingerprint density at radius 1 is 0.857 bits per heavy atom. The molecule has 232 valence electrons. The first-order valence-corrected chi connectivity index (χ1v) is 15.2. The molecule has 2 fully saturated rings. The molecule has 0 aromatic heterocycles. The normalized spacial score (nSPS) is 17.9. The summed E-state index contributed by atoms with van der Waals surface area (Å²) < 4.78 is 10.6. The molecular formula is C30H45N5O7. The lowest BCUT2D eigenvalue weighted by Gasteiger charge is -2.27. The number of ether oxygens (including phenoxy) is 2. The number of hydrogen-bond acceptors (Lipinski definition) is 8. The molecule has 1 aromatic carbocycles. The molecule has 0 bridgehead atoms. The molecular weight excluding hydrogens is 542 g/mol. The van der Waals surface area contributed by atoms with E-state index in [1.807, 2.05) is 0 Å². The number of benzene rings is 1. The summed E-state index contributed by atoms with van der Waals surface area (Å²) in [7, 11) is 0. The van der Waals surface area contributed by atoms with E-state index < -0.39 is 30.2 Å². The van der Waals surface area contributed by atoms with E-state index >= 15 is 0 Å². The molecule has 0 radical (unpaired) electrons. The van der Waals surface area contributed by atoms with Crippen LogP contribution in [0.4, 0.5) is 0 Å². The lowest BCUT2D eigenvalue weighted by molar-refractivity contribution is -0.140. The van der Waals surface area contributed by atoms with Gasteiger partial charge in [-0.1, -0.05) is 6.07 Å². The van der Waals surface area contributed by atoms with E-state index in [9.17, 15) is 24.3 Å². The molecule has 0 unspecified atom stereocenters. The minimum atomic E-state index is -1.28. The van der Waals surface area contributed by atoms with Gasteiger partial charge in [0.05, 0.1) is 13.0 Å². The highest BCUT2D eigenvalue weighted by molar-refractivity contribution is 5.92. The van der Waals surface area contributed by atoms with Gasteiger partial charge in [0, 0.05) is 12.5 Å². The predicted octanol–water partition coefficient (Wildman–Crippen LogP) is 1.28. The van der Waals surface area contributed by atoms with Crippen molar-refractivity contribution in [2.75, 3.05) is 39.5 Å². The highest BCUT2D eigenvalue weighted by Crippen LogP contribution is 2.32. The van der Waals surface area contributed by atoms with Crippen molar-refractivity contribution in [1.29, 1.82) is 0 Å². The zero-order chi connectivity index (χ0) is 29.7. The van der Waals surface area contributed by atoms with Crippen LogP contribution in [0.3, 0.4) is 0 Å². The average Bonchev–Trinajstić information content (AvgIpc) is 3.47. The van der Waals surface area contributed by atoms with Gasteiger partial charge in [0.1, 0.15) is 6.04 Å². The van der Waals surface area contributed by atoms with E-state index in [2.05, 4.69) is 26.6 Å². The molecule has 0 aliphatic carbocycles. The third-order valence-electron chi connectivity index (χ3n) is 8.49. The molecule has 0 saturated carbocycles. The lowest BCUT2D eigenvalue weighted by Crippen LogP contribution is -2.50. The van der Waals surface area contributed by atoms with Gasteiger partial charge in [-0.05, 0) is 107 Å². The van der Waals surface area contributed by atoms with Gasteiger partial charge in [0.2, 0.25) is 24.5 Å². The van der Waals surface area contributed by atoms with Gasteiger partial charge in [0.15, 0.2) is 11.5 Å². The maximum absolute atomic E-state index is 13.2. The Labute approximate surface area is 247 Å². The van der Waals surface area contributed by atoms with Crippen molar-refractivity contribution in [3.63, 3.8) is 0 Å². The van der Waals surface area contributed by atoms with E-state index in [1.54, 1.807) is 18.2 Å². The van der Waals surface area contributed by atoms with E-state index in [0.717, 1.165) is 83.1 Å². The fourth-order valence-electron chi connectivity index (χ4n) is 5.93. The van der Waals surface area contributed by atoms with Crippen LogP contribution in [0.5, 0.6) is 11.5 Å². The average molecular weight is 588 g/mol. The maximum Gasteiger partial charge on any atom is 0.305 e. The van der Waals surface area contributed by atoms with Crippen LogP contribution in [0, 0.1) is 17.8 Å². The van der Waals surface area contributed by atoms with Crippen LogP contribution in [0.15, 0.2) is 18.2 Å². The van der Waals surface area contributed by atoms with Crippen molar-refractivity contribution in [3.8, 4) is 11.5 Å². The van der Waals surface area contributed by atoms with Crippen LogP contribution >= 0.6 is 0 Å². The third kappa shape index (κ3) is 10.2. The molecule has 3 aliphatic rings. The van der Waals surface area contributed by atoms with Gasteiger partial charge in [-0.15, -0.1) is 0 Å². The van der Waals surface area contributed by atoms with Crippen LogP contribution in [0.25, 0.3) is 0 Å². The number of aliphatic carboxylic acids is 1. The number of rotatable bonds is 15. The van der Waals surface area contributed by atoms with Gasteiger partial charge < -0.3 is 41.2 Å². The number of carboxylic acid groups (broad SMARTS) is 1. The SMILES string of the molecule is O=C(O)C[C@H](NC(=O)CNC(=O)C(CCC1CCNCC1)CCC1CCNCC1)C(=O)NCc1ccc2c(c1)OCO2. The molecule has 3 amide bonds. The topological polar surface area (TPSA) is 167 Å². The Hall–Kier alpha value is -3.38. The molecule has 2 saturated heterocycles. The number of nitrogens with one attached hydrogen (secondary N) is 5. The van der Waals surface area contributed by atoms with Crippen molar-refractivity contribution in [2.45, 2.75) is 70.4 Å². The van der Waals surface area contributed by atoms with E-state index in [-0.39, 0.29) is 31.7 Å². The van der Waals surface area contributed by atoms with Crippen molar-refractivity contribution in [2.24, 2.45) is 17.8 Å². The summed E-state index contributed by atoms with van der Waals surface area (Å²) in [4.78, 5) is 50.2. The smallest absolute Gasteiger partial charge is 0.305 e. The highest BCUT2D eigenvalue weighted by Gasteiger charge is 2.26. The number of carboxylic acids is 1. The number of fused-ring (bicyclic) bond motifs is 1. The highest BCUT2D eigenvalue weighted by atomic mass is 16.7. The molecule has 1 aromatic rings. The number of hydrogen-bond donors (Lipinski definition) is 6. The van der Waals surface area contributed by atoms with E-state index in [0.29, 0.717) is 23.3 Å². The van der Waals surface area contributed by atoms with E-state index in [1.165, 1.54) is 0 Å².